The smallest absolute Gasteiger partial charge is 0.0587 e. The molecule has 0 radical (unpaired) electrons. The number of hydrogen-bond donors (Lipinski definition) is 1. The van der Waals surface area contributed by atoms with E-state index in [0.717, 1.165) is 13.2 Å². The second-order valence-corrected chi connectivity index (χ2v) is 3.91. The fraction of sp³-hybridized carbons (Fsp3) is 1.00. The molecular formula is C8H18ClNO. The van der Waals surface area contributed by atoms with Crippen molar-refractivity contribution in [2.75, 3.05) is 20.3 Å². The van der Waals surface area contributed by atoms with E-state index < -0.39 is 0 Å². The molecule has 0 aliphatic carbocycles. The molecule has 0 spiro atoms. The molecular weight excluding hydrogens is 162 g/mol. The highest BCUT2D eigenvalue weighted by molar-refractivity contribution is 6.21. The molecule has 0 aliphatic rings. The number of nitrogens with one attached hydrogen (secondary N) is 1. The molecule has 0 heterocycles. The van der Waals surface area contributed by atoms with Crippen LogP contribution in [0.3, 0.4) is 0 Å². The summed E-state index contributed by atoms with van der Waals surface area (Å²) in [5.41, 5.74) is -0.0138. The summed E-state index contributed by atoms with van der Waals surface area (Å²) in [5.74, 6) is 0. The zero-order chi connectivity index (χ0) is 8.91. The van der Waals surface area contributed by atoms with E-state index in [2.05, 4.69) is 19.2 Å². The molecule has 1 N–H and O–H groups in total. The third kappa shape index (κ3) is 4.62. The summed E-state index contributed by atoms with van der Waals surface area (Å²) in [5, 5.41) is 3.43. The van der Waals surface area contributed by atoms with Crippen molar-refractivity contribution in [1.29, 1.82) is 0 Å². The Bertz CT molecular complexity index is 104. The Morgan fingerprint density at radius 1 is 1.55 bits per heavy atom. The van der Waals surface area contributed by atoms with Crippen molar-refractivity contribution in [2.45, 2.75) is 31.7 Å². The molecule has 1 unspecified atom stereocenters. The molecule has 0 aromatic carbocycles. The van der Waals surface area contributed by atoms with E-state index in [1.54, 1.807) is 7.11 Å². The highest BCUT2D eigenvalue weighted by Gasteiger charge is 2.22. The van der Waals surface area contributed by atoms with Gasteiger partial charge in [-0.15, -0.1) is 11.6 Å². The maximum absolute atomic E-state index is 5.95. The number of rotatable bonds is 5. The first-order valence-electron chi connectivity index (χ1n) is 3.88. The normalized spacial score (nSPS) is 15.0. The fourth-order valence-corrected chi connectivity index (χ4v) is 0.693. The lowest BCUT2D eigenvalue weighted by molar-refractivity contribution is 0.188. The van der Waals surface area contributed by atoms with Gasteiger partial charge in [0.2, 0.25) is 0 Å². The van der Waals surface area contributed by atoms with Gasteiger partial charge in [0, 0.05) is 24.6 Å². The fourth-order valence-electron chi connectivity index (χ4n) is 0.616. The summed E-state index contributed by atoms with van der Waals surface area (Å²) in [4.78, 5) is 0. The van der Waals surface area contributed by atoms with Crippen molar-refractivity contribution in [2.24, 2.45) is 0 Å². The van der Waals surface area contributed by atoms with Gasteiger partial charge in [0.25, 0.3) is 0 Å². The van der Waals surface area contributed by atoms with Crippen molar-refractivity contribution in [3.8, 4) is 0 Å². The lowest BCUT2D eigenvalue weighted by Gasteiger charge is -2.28. The van der Waals surface area contributed by atoms with Crippen molar-refractivity contribution in [3.63, 3.8) is 0 Å². The molecule has 0 amide bonds. The predicted molar refractivity (Wildman–Crippen MR) is 49.3 cm³/mol. The average Bonchev–Trinajstić information content (AvgIpc) is 1.88. The molecule has 0 aliphatic heterocycles. The summed E-state index contributed by atoms with van der Waals surface area (Å²) in [7, 11) is 1.69. The third-order valence-corrected chi connectivity index (χ3v) is 2.43. The first-order chi connectivity index (χ1) is 5.00. The molecule has 0 saturated carbocycles. The average molecular weight is 180 g/mol. The SMILES string of the molecule is COCCNC(C)(C)C(C)Cl. The van der Waals surface area contributed by atoms with Gasteiger partial charge < -0.3 is 10.1 Å². The molecule has 0 saturated heterocycles. The van der Waals surface area contributed by atoms with Gasteiger partial charge in [-0.2, -0.15) is 0 Å². The molecule has 3 heteroatoms. The minimum Gasteiger partial charge on any atom is -0.383 e. The molecule has 0 fully saturated rings. The van der Waals surface area contributed by atoms with Gasteiger partial charge in [-0.1, -0.05) is 0 Å². The molecule has 0 bridgehead atoms. The van der Waals surface area contributed by atoms with Crippen LogP contribution >= 0.6 is 11.6 Å². The van der Waals surface area contributed by atoms with Crippen LogP contribution in [0.1, 0.15) is 20.8 Å². The van der Waals surface area contributed by atoms with E-state index in [-0.39, 0.29) is 10.9 Å². The lowest BCUT2D eigenvalue weighted by Crippen LogP contribution is -2.47. The number of hydrogen-bond acceptors (Lipinski definition) is 2. The lowest BCUT2D eigenvalue weighted by atomic mass is 10.0. The number of halogens is 1. The van der Waals surface area contributed by atoms with Crippen LogP contribution in [-0.2, 0) is 4.74 Å². The first-order valence-corrected chi connectivity index (χ1v) is 4.32. The van der Waals surface area contributed by atoms with E-state index in [4.69, 9.17) is 16.3 Å². The van der Waals surface area contributed by atoms with Gasteiger partial charge in [0.15, 0.2) is 0 Å². The number of ether oxygens (including phenoxy) is 1. The molecule has 0 rings (SSSR count). The second-order valence-electron chi connectivity index (χ2n) is 3.26. The molecule has 68 valence electrons. The Morgan fingerprint density at radius 2 is 2.09 bits per heavy atom. The second kappa shape index (κ2) is 4.96. The largest absolute Gasteiger partial charge is 0.383 e. The van der Waals surface area contributed by atoms with Crippen LogP contribution in [0.2, 0.25) is 0 Å². The van der Waals surface area contributed by atoms with Crippen molar-refractivity contribution in [1.82, 2.24) is 5.32 Å². The summed E-state index contributed by atoms with van der Waals surface area (Å²) < 4.78 is 4.91. The number of alkyl halides is 1. The van der Waals surface area contributed by atoms with Gasteiger partial charge in [-0.05, 0) is 20.8 Å². The molecule has 0 aromatic heterocycles. The van der Waals surface area contributed by atoms with Crippen LogP contribution < -0.4 is 5.32 Å². The van der Waals surface area contributed by atoms with Crippen LogP contribution in [0.15, 0.2) is 0 Å². The summed E-state index contributed by atoms with van der Waals surface area (Å²) in [6.45, 7) is 7.73. The molecule has 2 nitrogen and oxygen atoms in total. The quantitative estimate of drug-likeness (QED) is 0.512. The van der Waals surface area contributed by atoms with Crippen LogP contribution in [0.25, 0.3) is 0 Å². The molecule has 11 heavy (non-hydrogen) atoms. The topological polar surface area (TPSA) is 21.3 Å². The van der Waals surface area contributed by atoms with Crippen LogP contribution in [0.5, 0.6) is 0 Å². The van der Waals surface area contributed by atoms with Crippen molar-refractivity contribution < 1.29 is 4.74 Å². The Hall–Kier alpha value is 0.210. The predicted octanol–water partition coefficient (Wildman–Crippen LogP) is 1.63. The van der Waals surface area contributed by atoms with E-state index in [1.807, 2.05) is 6.92 Å². The minimum absolute atomic E-state index is 0.0138. The van der Waals surface area contributed by atoms with E-state index in [9.17, 15) is 0 Å². The van der Waals surface area contributed by atoms with Gasteiger partial charge in [0.05, 0.1) is 6.61 Å². The van der Waals surface area contributed by atoms with E-state index in [0.29, 0.717) is 0 Å². The first kappa shape index (κ1) is 11.2. The Morgan fingerprint density at radius 3 is 2.45 bits per heavy atom. The zero-order valence-electron chi connectivity index (χ0n) is 7.78. The van der Waals surface area contributed by atoms with Gasteiger partial charge in [-0.3, -0.25) is 0 Å². The Labute approximate surface area is 74.3 Å². The summed E-state index contributed by atoms with van der Waals surface area (Å²) in [6.07, 6.45) is 0. The Balaban J connectivity index is 3.55. The molecule has 0 aromatic rings. The van der Waals surface area contributed by atoms with Gasteiger partial charge >= 0.3 is 0 Å². The highest BCUT2D eigenvalue weighted by atomic mass is 35.5. The maximum atomic E-state index is 5.95. The number of methoxy groups -OCH3 is 1. The van der Waals surface area contributed by atoms with Gasteiger partial charge in [-0.25, -0.2) is 0 Å². The standard InChI is InChI=1S/C8H18ClNO/c1-7(9)8(2,3)10-5-6-11-4/h7,10H,5-6H2,1-4H3. The zero-order valence-corrected chi connectivity index (χ0v) is 8.53. The van der Waals surface area contributed by atoms with Crippen LogP contribution in [-0.4, -0.2) is 31.2 Å². The summed E-state index contributed by atoms with van der Waals surface area (Å²) >= 11 is 5.95. The molecule has 1 atom stereocenters. The monoisotopic (exact) mass is 179 g/mol. The van der Waals surface area contributed by atoms with E-state index >= 15 is 0 Å². The van der Waals surface area contributed by atoms with Crippen molar-refractivity contribution in [3.05, 3.63) is 0 Å². The van der Waals surface area contributed by atoms with Crippen molar-refractivity contribution >= 4 is 11.6 Å². The third-order valence-electron chi connectivity index (χ3n) is 1.88. The van der Waals surface area contributed by atoms with E-state index in [1.165, 1.54) is 0 Å². The maximum Gasteiger partial charge on any atom is 0.0587 e. The summed E-state index contributed by atoms with van der Waals surface area (Å²) in [6, 6.07) is 0. The Kier molecular flexibility index (Phi) is 5.06. The van der Waals surface area contributed by atoms with Crippen LogP contribution in [0, 0.1) is 0 Å². The van der Waals surface area contributed by atoms with Gasteiger partial charge in [0.1, 0.15) is 0 Å². The minimum atomic E-state index is -0.0138. The van der Waals surface area contributed by atoms with Crippen LogP contribution in [0.4, 0.5) is 0 Å². The highest BCUT2D eigenvalue weighted by Crippen LogP contribution is 2.13.